The fourth-order valence-electron chi connectivity index (χ4n) is 4.17. The number of phenols is 1. The van der Waals surface area contributed by atoms with Gasteiger partial charge in [-0.3, -0.25) is 0 Å². The number of nitrogens with one attached hydrogen (secondary N) is 2. The Balaban J connectivity index is 0.00000210. The van der Waals surface area contributed by atoms with E-state index in [-0.39, 0.29) is 40.0 Å². The Morgan fingerprint density at radius 2 is 1.69 bits per heavy atom. The molecule has 2 atom stereocenters. The first-order chi connectivity index (χ1) is 13.3. The van der Waals surface area contributed by atoms with Crippen molar-refractivity contribution in [1.29, 1.82) is 0 Å². The highest BCUT2D eigenvalue weighted by molar-refractivity contribution is 8.93. The van der Waals surface area contributed by atoms with Crippen LogP contribution in [0.1, 0.15) is 61.8 Å². The van der Waals surface area contributed by atoms with Crippen molar-refractivity contribution in [3.05, 3.63) is 65.2 Å². The number of hydrogen-bond donors (Lipinski definition) is 3. The fourth-order valence-corrected chi connectivity index (χ4v) is 4.17. The van der Waals surface area contributed by atoms with Crippen LogP contribution < -0.4 is 10.6 Å². The number of benzene rings is 2. The van der Waals surface area contributed by atoms with Gasteiger partial charge in [-0.25, -0.2) is 0 Å². The fraction of sp³-hybridized carbons (Fsp3) is 0.500. The van der Waals surface area contributed by atoms with Gasteiger partial charge in [-0.05, 0) is 61.5 Å². The van der Waals surface area contributed by atoms with E-state index in [9.17, 15) is 5.11 Å². The van der Waals surface area contributed by atoms with E-state index in [1.54, 1.807) is 0 Å². The smallest absolute Gasteiger partial charge is 0.119 e. The van der Waals surface area contributed by atoms with Gasteiger partial charge in [-0.2, -0.15) is 0 Å². The van der Waals surface area contributed by atoms with Crippen LogP contribution in [0.25, 0.3) is 0 Å². The van der Waals surface area contributed by atoms with Crippen molar-refractivity contribution in [2.45, 2.75) is 64.0 Å². The van der Waals surface area contributed by atoms with Gasteiger partial charge < -0.3 is 15.7 Å². The molecule has 0 amide bonds. The molecule has 162 valence electrons. The maximum Gasteiger partial charge on any atom is 0.119 e. The van der Waals surface area contributed by atoms with Gasteiger partial charge in [-0.15, -0.1) is 34.0 Å². The SMILES string of the molecule is Br.Br.CCCCCCNC1c2cccc(O)c2CCC1NCCc1ccccc1. The van der Waals surface area contributed by atoms with Crippen LogP contribution in [0.15, 0.2) is 48.5 Å². The predicted octanol–water partition coefficient (Wildman–Crippen LogP) is 5.91. The van der Waals surface area contributed by atoms with E-state index in [1.165, 1.54) is 36.8 Å². The zero-order valence-electron chi connectivity index (χ0n) is 17.4. The second-order valence-corrected chi connectivity index (χ2v) is 7.67. The molecule has 2 aromatic carbocycles. The number of aromatic hydroxyl groups is 1. The zero-order chi connectivity index (χ0) is 18.9. The zero-order valence-corrected chi connectivity index (χ0v) is 20.8. The second-order valence-electron chi connectivity index (χ2n) is 7.67. The van der Waals surface area contributed by atoms with Crippen molar-refractivity contribution < 1.29 is 5.11 Å². The van der Waals surface area contributed by atoms with Gasteiger partial charge in [0.2, 0.25) is 0 Å². The second kappa shape index (κ2) is 14.2. The summed E-state index contributed by atoms with van der Waals surface area (Å²) in [7, 11) is 0. The summed E-state index contributed by atoms with van der Waals surface area (Å²) in [5, 5.41) is 17.9. The van der Waals surface area contributed by atoms with Gasteiger partial charge in [0.15, 0.2) is 0 Å². The summed E-state index contributed by atoms with van der Waals surface area (Å²) in [6.07, 6.45) is 8.13. The Morgan fingerprint density at radius 1 is 0.897 bits per heavy atom. The molecule has 0 heterocycles. The predicted molar refractivity (Wildman–Crippen MR) is 134 cm³/mol. The van der Waals surface area contributed by atoms with Gasteiger partial charge in [0.25, 0.3) is 0 Å². The summed E-state index contributed by atoms with van der Waals surface area (Å²) in [6, 6.07) is 17.3. The van der Waals surface area contributed by atoms with Crippen molar-refractivity contribution in [2.75, 3.05) is 13.1 Å². The average molecular weight is 528 g/mol. The summed E-state index contributed by atoms with van der Waals surface area (Å²) in [5.74, 6) is 0.452. The van der Waals surface area contributed by atoms with Crippen LogP contribution >= 0.6 is 34.0 Å². The molecule has 29 heavy (non-hydrogen) atoms. The highest BCUT2D eigenvalue weighted by atomic mass is 79.9. The van der Waals surface area contributed by atoms with Crippen molar-refractivity contribution in [1.82, 2.24) is 10.6 Å². The molecule has 0 spiro atoms. The molecule has 2 unspecified atom stereocenters. The summed E-state index contributed by atoms with van der Waals surface area (Å²) in [6.45, 7) is 4.27. The molecule has 1 aliphatic carbocycles. The van der Waals surface area contributed by atoms with Gasteiger partial charge in [0.1, 0.15) is 5.75 Å². The Labute approximate surface area is 197 Å². The van der Waals surface area contributed by atoms with Gasteiger partial charge in [-0.1, -0.05) is 68.7 Å². The summed E-state index contributed by atoms with van der Waals surface area (Å²) in [5.41, 5.74) is 3.78. The van der Waals surface area contributed by atoms with Gasteiger partial charge in [0, 0.05) is 12.1 Å². The summed E-state index contributed by atoms with van der Waals surface area (Å²) < 4.78 is 0. The number of unbranched alkanes of at least 4 members (excludes halogenated alkanes) is 3. The molecule has 0 aliphatic heterocycles. The van der Waals surface area contributed by atoms with Crippen LogP contribution in [0, 0.1) is 0 Å². The van der Waals surface area contributed by atoms with E-state index in [2.05, 4.69) is 54.0 Å². The van der Waals surface area contributed by atoms with Crippen molar-refractivity contribution in [3.63, 3.8) is 0 Å². The number of fused-ring (bicyclic) bond motifs is 1. The van der Waals surface area contributed by atoms with E-state index in [4.69, 9.17) is 0 Å². The molecule has 0 fully saturated rings. The normalized spacial score (nSPS) is 17.7. The van der Waals surface area contributed by atoms with Crippen LogP contribution in [0.4, 0.5) is 0 Å². The Morgan fingerprint density at radius 3 is 2.45 bits per heavy atom. The van der Waals surface area contributed by atoms with Crippen molar-refractivity contribution in [2.24, 2.45) is 0 Å². The molecule has 0 radical (unpaired) electrons. The number of rotatable bonds is 10. The molecule has 3 nitrogen and oxygen atoms in total. The molecule has 0 saturated carbocycles. The van der Waals surface area contributed by atoms with E-state index in [1.807, 2.05) is 12.1 Å². The minimum Gasteiger partial charge on any atom is -0.508 e. The molecule has 0 aromatic heterocycles. The molecule has 1 aliphatic rings. The summed E-state index contributed by atoms with van der Waals surface area (Å²) >= 11 is 0. The van der Waals surface area contributed by atoms with Crippen LogP contribution in [0.2, 0.25) is 0 Å². The van der Waals surface area contributed by atoms with Gasteiger partial charge in [0.05, 0.1) is 0 Å². The van der Waals surface area contributed by atoms with Crippen LogP contribution in [0.5, 0.6) is 5.75 Å². The minimum atomic E-state index is 0. The average Bonchev–Trinajstić information content (AvgIpc) is 2.70. The first-order valence-corrected chi connectivity index (χ1v) is 10.6. The lowest BCUT2D eigenvalue weighted by atomic mass is 9.83. The third-order valence-electron chi connectivity index (χ3n) is 5.69. The maximum absolute atomic E-state index is 10.3. The lowest BCUT2D eigenvalue weighted by molar-refractivity contribution is 0.333. The van der Waals surface area contributed by atoms with Gasteiger partial charge >= 0.3 is 0 Å². The van der Waals surface area contributed by atoms with E-state index >= 15 is 0 Å². The quantitative estimate of drug-likeness (QED) is 0.337. The maximum atomic E-state index is 10.3. The van der Waals surface area contributed by atoms with E-state index in [0.717, 1.165) is 37.9 Å². The third-order valence-corrected chi connectivity index (χ3v) is 5.69. The molecular weight excluding hydrogens is 492 g/mol. The van der Waals surface area contributed by atoms with Crippen molar-refractivity contribution in [3.8, 4) is 5.75 Å². The monoisotopic (exact) mass is 526 g/mol. The van der Waals surface area contributed by atoms with E-state index < -0.39 is 0 Å². The highest BCUT2D eigenvalue weighted by Gasteiger charge is 2.30. The molecular formula is C24H36Br2N2O. The molecule has 2 aromatic rings. The van der Waals surface area contributed by atoms with Crippen LogP contribution in [0.3, 0.4) is 0 Å². The largest absolute Gasteiger partial charge is 0.508 e. The molecule has 0 bridgehead atoms. The molecule has 0 saturated heterocycles. The lowest BCUT2D eigenvalue weighted by Crippen LogP contribution is -2.45. The molecule has 5 heteroatoms. The molecule has 3 N–H and O–H groups in total. The van der Waals surface area contributed by atoms with E-state index in [0.29, 0.717) is 11.8 Å². The third kappa shape index (κ3) is 7.71. The topological polar surface area (TPSA) is 44.3 Å². The highest BCUT2D eigenvalue weighted by Crippen LogP contribution is 2.35. The Hall–Kier alpha value is -0.880. The minimum absolute atomic E-state index is 0. The number of phenolic OH excluding ortho intramolecular Hbond substituents is 1. The van der Waals surface area contributed by atoms with Crippen LogP contribution in [-0.2, 0) is 12.8 Å². The summed E-state index contributed by atoms with van der Waals surface area (Å²) in [4.78, 5) is 0. The Bertz CT molecular complexity index is 697. The van der Waals surface area contributed by atoms with Crippen molar-refractivity contribution >= 4 is 34.0 Å². The molecule has 3 rings (SSSR count). The standard InChI is InChI=1S/C24H34N2O.2BrH/c1-2-3-4-8-17-26-24-21-12-9-13-23(27)20(21)14-15-22(24)25-18-16-19-10-6-5-7-11-19;;/h5-7,9-13,22,24-27H,2-4,8,14-18H2,1H3;2*1H. The number of halogens is 2. The lowest BCUT2D eigenvalue weighted by Gasteiger charge is -2.35. The first kappa shape index (κ1) is 26.2. The van der Waals surface area contributed by atoms with Crippen LogP contribution in [-0.4, -0.2) is 24.2 Å². The first-order valence-electron chi connectivity index (χ1n) is 10.6. The Kier molecular flexibility index (Phi) is 12.8. The number of hydrogen-bond acceptors (Lipinski definition) is 3.